The Hall–Kier alpha value is -0.900. The van der Waals surface area contributed by atoms with Crippen LogP contribution in [0.2, 0.25) is 0 Å². The van der Waals surface area contributed by atoms with E-state index in [4.69, 9.17) is 4.98 Å². The first-order valence-electron chi connectivity index (χ1n) is 10.3. The Morgan fingerprint density at radius 3 is 2.84 bits per heavy atom. The third kappa shape index (κ3) is 2.15. The average Bonchev–Trinajstić information content (AvgIpc) is 3.11. The molecule has 0 saturated heterocycles. The van der Waals surface area contributed by atoms with Crippen LogP contribution in [0, 0.1) is 29.1 Å². The molecule has 4 aliphatic rings. The summed E-state index contributed by atoms with van der Waals surface area (Å²) in [6.07, 6.45) is 13.4. The molecule has 0 aliphatic heterocycles. The van der Waals surface area contributed by atoms with Crippen molar-refractivity contribution in [1.29, 1.82) is 0 Å². The molecule has 1 aromatic heterocycles. The number of thiazole rings is 1. The number of carbonyl (C=O) groups is 1. The van der Waals surface area contributed by atoms with Crippen molar-refractivity contribution in [2.45, 2.75) is 77.0 Å². The van der Waals surface area contributed by atoms with Crippen LogP contribution in [-0.2, 0) is 16.6 Å². The summed E-state index contributed by atoms with van der Waals surface area (Å²) in [5, 5.41) is 3.57. The zero-order valence-electron chi connectivity index (χ0n) is 15.5. The van der Waals surface area contributed by atoms with Gasteiger partial charge >= 0.3 is 0 Å². The second-order valence-corrected chi connectivity index (χ2v) is 10.7. The number of amides is 1. The number of carbonyl (C=O) groups excluding carboxylic acids is 1. The molecule has 0 bridgehead atoms. The highest BCUT2D eigenvalue weighted by atomic mass is 32.1. The quantitative estimate of drug-likeness (QED) is 0.742. The van der Waals surface area contributed by atoms with Gasteiger partial charge in [0.05, 0.1) is 5.69 Å². The van der Waals surface area contributed by atoms with E-state index in [2.05, 4.69) is 19.2 Å². The Balaban J connectivity index is 1.47. The van der Waals surface area contributed by atoms with Gasteiger partial charge in [0.2, 0.25) is 6.41 Å². The zero-order chi connectivity index (χ0) is 17.2. The highest BCUT2D eigenvalue weighted by Crippen LogP contribution is 2.65. The topological polar surface area (TPSA) is 42.0 Å². The Labute approximate surface area is 155 Å². The van der Waals surface area contributed by atoms with Gasteiger partial charge in [0.1, 0.15) is 0 Å². The molecule has 6 atom stereocenters. The van der Waals surface area contributed by atoms with E-state index in [0.717, 1.165) is 35.2 Å². The van der Waals surface area contributed by atoms with Crippen molar-refractivity contribution in [3.05, 3.63) is 10.6 Å². The molecule has 1 amide bonds. The van der Waals surface area contributed by atoms with Crippen LogP contribution in [0.4, 0.5) is 5.13 Å². The fourth-order valence-corrected chi connectivity index (χ4v) is 8.65. The van der Waals surface area contributed by atoms with E-state index in [1.165, 1.54) is 68.4 Å². The molecule has 3 nitrogen and oxygen atoms in total. The Morgan fingerprint density at radius 2 is 2.00 bits per heavy atom. The van der Waals surface area contributed by atoms with Gasteiger partial charge in [-0.3, -0.25) is 4.79 Å². The largest absolute Gasteiger partial charge is 0.305 e. The van der Waals surface area contributed by atoms with Crippen molar-refractivity contribution in [2.75, 3.05) is 5.32 Å². The van der Waals surface area contributed by atoms with Crippen molar-refractivity contribution in [3.8, 4) is 0 Å². The van der Waals surface area contributed by atoms with Crippen molar-refractivity contribution in [1.82, 2.24) is 4.98 Å². The molecule has 4 aliphatic carbocycles. The van der Waals surface area contributed by atoms with Crippen LogP contribution in [0.3, 0.4) is 0 Å². The monoisotopic (exact) mass is 358 g/mol. The summed E-state index contributed by atoms with van der Waals surface area (Å²) in [7, 11) is 0. The maximum atomic E-state index is 10.8. The Morgan fingerprint density at radius 1 is 1.12 bits per heavy atom. The minimum Gasteiger partial charge on any atom is -0.305 e. The lowest BCUT2D eigenvalue weighted by Crippen LogP contribution is -2.53. The van der Waals surface area contributed by atoms with Gasteiger partial charge in [0, 0.05) is 10.3 Å². The summed E-state index contributed by atoms with van der Waals surface area (Å²) in [4.78, 5) is 17.1. The van der Waals surface area contributed by atoms with E-state index < -0.39 is 0 Å². The predicted molar refractivity (Wildman–Crippen MR) is 102 cm³/mol. The van der Waals surface area contributed by atoms with Crippen LogP contribution >= 0.6 is 11.3 Å². The SMILES string of the molecule is C[C@]12CCCC[C@@H]1CC[C@@H]1[C@@H]2CC[C@]2(C)c3nc(NC=O)sc3C[C@@H]12. The minimum absolute atomic E-state index is 0.244. The lowest BCUT2D eigenvalue weighted by Gasteiger charge is -2.59. The maximum absolute atomic E-state index is 10.8. The molecule has 4 heteroatoms. The Bertz CT molecular complexity index is 700. The number of nitrogens with zero attached hydrogens (tertiary/aromatic N) is 1. The lowest BCUT2D eigenvalue weighted by atomic mass is 9.45. The van der Waals surface area contributed by atoms with Crippen LogP contribution in [0.15, 0.2) is 0 Å². The third-order valence-corrected chi connectivity index (χ3v) is 9.81. The summed E-state index contributed by atoms with van der Waals surface area (Å²) in [5.74, 6) is 3.60. The molecule has 1 aromatic rings. The average molecular weight is 359 g/mol. The van der Waals surface area contributed by atoms with Gasteiger partial charge < -0.3 is 5.32 Å². The second-order valence-electron chi connectivity index (χ2n) is 9.62. The first kappa shape index (κ1) is 16.3. The molecule has 0 radical (unpaired) electrons. The number of anilines is 1. The van der Waals surface area contributed by atoms with Gasteiger partial charge in [-0.05, 0) is 74.0 Å². The first-order valence-corrected chi connectivity index (χ1v) is 11.1. The second kappa shape index (κ2) is 5.55. The first-order chi connectivity index (χ1) is 12.1. The number of rotatable bonds is 2. The maximum Gasteiger partial charge on any atom is 0.213 e. The van der Waals surface area contributed by atoms with Crippen molar-refractivity contribution >= 4 is 22.9 Å². The summed E-state index contributed by atoms with van der Waals surface area (Å²) < 4.78 is 0. The Kier molecular flexibility index (Phi) is 3.61. The minimum atomic E-state index is 0.244. The fraction of sp³-hybridized carbons (Fsp3) is 0.810. The predicted octanol–water partition coefficient (Wildman–Crippen LogP) is 5.16. The van der Waals surface area contributed by atoms with Crippen molar-refractivity contribution in [2.24, 2.45) is 29.1 Å². The number of nitrogens with one attached hydrogen (secondary N) is 1. The van der Waals surface area contributed by atoms with Gasteiger partial charge in [0.25, 0.3) is 0 Å². The van der Waals surface area contributed by atoms with Gasteiger partial charge in [0.15, 0.2) is 5.13 Å². The summed E-state index contributed by atoms with van der Waals surface area (Å²) in [6.45, 7) is 5.12. The van der Waals surface area contributed by atoms with Gasteiger partial charge in [-0.2, -0.15) is 0 Å². The fourth-order valence-electron chi connectivity index (χ4n) is 7.53. The smallest absolute Gasteiger partial charge is 0.213 e. The van der Waals surface area contributed by atoms with Crippen LogP contribution in [0.25, 0.3) is 0 Å². The molecule has 136 valence electrons. The van der Waals surface area contributed by atoms with Crippen LogP contribution in [0.5, 0.6) is 0 Å². The molecule has 1 N–H and O–H groups in total. The summed E-state index contributed by atoms with van der Waals surface area (Å²) in [5.41, 5.74) is 2.17. The molecule has 3 fully saturated rings. The number of hydrogen-bond acceptors (Lipinski definition) is 3. The summed E-state index contributed by atoms with van der Waals surface area (Å²) in [6, 6.07) is 0. The van der Waals surface area contributed by atoms with Crippen molar-refractivity contribution < 1.29 is 4.79 Å². The zero-order valence-corrected chi connectivity index (χ0v) is 16.3. The standard InChI is InChI=1S/C21H30N2OS/c1-20-9-4-3-5-13(20)6-7-14-15(20)8-10-21(2)16(14)11-17-18(21)23-19(25-17)22-12-24/h12-16H,3-11H2,1-2H3,(H,22,23,24)/t13-,14-,15+,16+,20+,21+/m1/s1. The van der Waals surface area contributed by atoms with Gasteiger partial charge in [-0.15, -0.1) is 11.3 Å². The lowest BCUT2D eigenvalue weighted by molar-refractivity contribution is -0.105. The van der Waals surface area contributed by atoms with Crippen LogP contribution in [0.1, 0.15) is 75.8 Å². The van der Waals surface area contributed by atoms with E-state index in [0.29, 0.717) is 5.41 Å². The molecular formula is C21H30N2OS. The van der Waals surface area contributed by atoms with E-state index in [-0.39, 0.29) is 5.41 Å². The van der Waals surface area contributed by atoms with E-state index in [1.54, 1.807) is 11.3 Å². The summed E-state index contributed by atoms with van der Waals surface area (Å²) >= 11 is 1.72. The number of aromatic nitrogens is 1. The van der Waals surface area contributed by atoms with Crippen molar-refractivity contribution in [3.63, 3.8) is 0 Å². The highest BCUT2D eigenvalue weighted by molar-refractivity contribution is 7.15. The van der Waals surface area contributed by atoms with E-state index in [1.807, 2.05) is 0 Å². The highest BCUT2D eigenvalue weighted by Gasteiger charge is 2.59. The normalized spacial score (nSPS) is 45.0. The molecule has 3 saturated carbocycles. The molecule has 0 unspecified atom stereocenters. The molecule has 1 heterocycles. The molecule has 5 rings (SSSR count). The van der Waals surface area contributed by atoms with Gasteiger partial charge in [-0.25, -0.2) is 4.98 Å². The molecule has 0 aromatic carbocycles. The van der Waals surface area contributed by atoms with Crippen LogP contribution < -0.4 is 5.32 Å². The van der Waals surface area contributed by atoms with E-state index in [9.17, 15) is 4.79 Å². The molecule has 0 spiro atoms. The number of hydrogen-bond donors (Lipinski definition) is 1. The molecule has 25 heavy (non-hydrogen) atoms. The third-order valence-electron chi connectivity index (χ3n) is 8.80. The van der Waals surface area contributed by atoms with Crippen LogP contribution in [-0.4, -0.2) is 11.4 Å². The van der Waals surface area contributed by atoms with Gasteiger partial charge in [-0.1, -0.05) is 26.7 Å². The van der Waals surface area contributed by atoms with E-state index >= 15 is 0 Å². The number of fused-ring (bicyclic) bond motifs is 7. The molecular weight excluding hydrogens is 328 g/mol.